The van der Waals surface area contributed by atoms with Crippen molar-refractivity contribution in [2.45, 2.75) is 12.2 Å². The summed E-state index contributed by atoms with van der Waals surface area (Å²) in [6.45, 7) is 1.69. The van der Waals surface area contributed by atoms with Crippen LogP contribution in [0.2, 0.25) is 0 Å². The summed E-state index contributed by atoms with van der Waals surface area (Å²) in [5, 5.41) is 1.46. The molecule has 0 aliphatic rings. The van der Waals surface area contributed by atoms with Crippen LogP contribution >= 0.6 is 12.2 Å². The first-order valence-corrected chi connectivity index (χ1v) is 6.80. The van der Waals surface area contributed by atoms with Crippen molar-refractivity contribution >= 4 is 33.1 Å². The second-order valence-corrected chi connectivity index (χ2v) is 5.81. The van der Waals surface area contributed by atoms with E-state index in [-0.39, 0.29) is 11.5 Å². The zero-order valence-corrected chi connectivity index (χ0v) is 11.4. The van der Waals surface area contributed by atoms with Gasteiger partial charge >= 0.3 is 0 Å². The van der Waals surface area contributed by atoms with Gasteiger partial charge in [-0.1, -0.05) is 12.2 Å². The number of carbonyl (C=O) groups excluding carboxylic acids is 1. The highest BCUT2D eigenvalue weighted by Crippen LogP contribution is 1.97. The number of thiocarbonyl (C=S) groups is 1. The predicted octanol–water partition coefficient (Wildman–Crippen LogP) is -1.66. The van der Waals surface area contributed by atoms with Gasteiger partial charge in [-0.25, -0.2) is 13.1 Å². The van der Waals surface area contributed by atoms with Crippen LogP contribution in [0.25, 0.3) is 0 Å². The third-order valence-corrected chi connectivity index (χ3v) is 4.16. The number of ether oxygens (including phenoxy) is 1. The molecule has 0 radical (unpaired) electrons. The summed E-state index contributed by atoms with van der Waals surface area (Å²) >= 11 is 4.57. The van der Waals surface area contributed by atoms with Crippen molar-refractivity contribution in [1.29, 1.82) is 0 Å². The van der Waals surface area contributed by atoms with Gasteiger partial charge in [0.2, 0.25) is 15.9 Å². The zero-order chi connectivity index (χ0) is 13.5. The molecule has 100 valence electrons. The van der Waals surface area contributed by atoms with Crippen molar-refractivity contribution in [2.24, 2.45) is 5.73 Å². The van der Waals surface area contributed by atoms with Gasteiger partial charge in [0.1, 0.15) is 5.25 Å². The van der Waals surface area contributed by atoms with Gasteiger partial charge in [-0.2, -0.15) is 0 Å². The standard InChI is InChI=1S/C8H17N3O4S2/c1-6(8(9)16)17(13,14)11-5-7(12)10-3-4-15-2/h6,11H,3-5H2,1-2H3,(H2,9,16)(H,10,12). The first kappa shape index (κ1) is 16.2. The second kappa shape index (κ2) is 7.54. The Morgan fingerprint density at radius 1 is 1.53 bits per heavy atom. The molecule has 0 aliphatic carbocycles. The van der Waals surface area contributed by atoms with E-state index in [2.05, 4.69) is 22.3 Å². The maximum absolute atomic E-state index is 11.5. The van der Waals surface area contributed by atoms with Crippen LogP contribution in [0.3, 0.4) is 0 Å². The summed E-state index contributed by atoms with van der Waals surface area (Å²) in [4.78, 5) is 11.1. The third kappa shape index (κ3) is 6.51. The van der Waals surface area contributed by atoms with E-state index >= 15 is 0 Å². The first-order chi connectivity index (χ1) is 7.81. The van der Waals surface area contributed by atoms with E-state index in [4.69, 9.17) is 10.5 Å². The summed E-state index contributed by atoms with van der Waals surface area (Å²) < 4.78 is 29.9. The zero-order valence-electron chi connectivity index (χ0n) is 9.73. The number of nitrogens with one attached hydrogen (secondary N) is 2. The van der Waals surface area contributed by atoms with E-state index in [0.29, 0.717) is 13.2 Å². The van der Waals surface area contributed by atoms with Crippen LogP contribution < -0.4 is 15.8 Å². The van der Waals surface area contributed by atoms with E-state index in [9.17, 15) is 13.2 Å². The topological polar surface area (TPSA) is 111 Å². The van der Waals surface area contributed by atoms with Gasteiger partial charge in [0.15, 0.2) is 0 Å². The number of hydrogen-bond donors (Lipinski definition) is 3. The number of sulfonamides is 1. The molecule has 0 aromatic carbocycles. The minimum absolute atomic E-state index is 0.141. The smallest absolute Gasteiger partial charge is 0.235 e. The fraction of sp³-hybridized carbons (Fsp3) is 0.750. The van der Waals surface area contributed by atoms with Crippen molar-refractivity contribution in [3.05, 3.63) is 0 Å². The maximum Gasteiger partial charge on any atom is 0.235 e. The molecule has 17 heavy (non-hydrogen) atoms. The summed E-state index contributed by atoms with van der Waals surface area (Å²) in [7, 11) is -2.19. The highest BCUT2D eigenvalue weighted by atomic mass is 32.2. The maximum atomic E-state index is 11.5. The molecule has 0 aromatic rings. The molecule has 1 amide bonds. The minimum atomic E-state index is -3.69. The molecular formula is C8H17N3O4S2. The normalized spacial score (nSPS) is 13.1. The molecule has 4 N–H and O–H groups in total. The number of hydrogen-bond acceptors (Lipinski definition) is 5. The lowest BCUT2D eigenvalue weighted by Gasteiger charge is -2.12. The van der Waals surface area contributed by atoms with Gasteiger partial charge in [0, 0.05) is 13.7 Å². The summed E-state index contributed by atoms with van der Waals surface area (Å²) in [6, 6.07) is 0. The average Bonchev–Trinajstić information content (AvgIpc) is 2.25. The van der Waals surface area contributed by atoms with Gasteiger partial charge in [0.25, 0.3) is 0 Å². The summed E-state index contributed by atoms with van der Waals surface area (Å²) in [6.07, 6.45) is 0. The molecule has 0 saturated carbocycles. The van der Waals surface area contributed by atoms with Crippen LogP contribution in [-0.4, -0.2) is 51.4 Å². The van der Waals surface area contributed by atoms with Crippen molar-refractivity contribution in [3.8, 4) is 0 Å². The largest absolute Gasteiger partial charge is 0.392 e. The van der Waals surface area contributed by atoms with E-state index in [0.717, 1.165) is 0 Å². The molecule has 0 aliphatic heterocycles. The highest BCUT2D eigenvalue weighted by molar-refractivity contribution is 7.93. The Morgan fingerprint density at radius 3 is 2.59 bits per heavy atom. The van der Waals surface area contributed by atoms with Gasteiger partial charge in [-0.05, 0) is 6.92 Å². The number of methoxy groups -OCH3 is 1. The fourth-order valence-corrected chi connectivity index (χ4v) is 2.07. The third-order valence-electron chi connectivity index (χ3n) is 1.93. The van der Waals surface area contributed by atoms with E-state index < -0.39 is 21.2 Å². The monoisotopic (exact) mass is 283 g/mol. The van der Waals surface area contributed by atoms with Crippen LogP contribution in [0.1, 0.15) is 6.92 Å². The Morgan fingerprint density at radius 2 is 2.12 bits per heavy atom. The van der Waals surface area contributed by atoms with Crippen molar-refractivity contribution in [1.82, 2.24) is 10.0 Å². The summed E-state index contributed by atoms with van der Waals surface area (Å²) in [5.41, 5.74) is 5.22. The van der Waals surface area contributed by atoms with E-state index in [1.165, 1.54) is 14.0 Å². The van der Waals surface area contributed by atoms with Crippen molar-refractivity contribution < 1.29 is 17.9 Å². The van der Waals surface area contributed by atoms with Crippen LogP contribution in [0.4, 0.5) is 0 Å². The second-order valence-electron chi connectivity index (χ2n) is 3.25. The van der Waals surface area contributed by atoms with Gasteiger partial charge in [0.05, 0.1) is 18.1 Å². The molecule has 0 saturated heterocycles. The van der Waals surface area contributed by atoms with Crippen LogP contribution in [0.5, 0.6) is 0 Å². The SMILES string of the molecule is COCCNC(=O)CNS(=O)(=O)C(C)C(N)=S. The Kier molecular flexibility index (Phi) is 7.19. The predicted molar refractivity (Wildman–Crippen MR) is 68.1 cm³/mol. The number of nitrogens with two attached hydrogens (primary N) is 1. The Balaban J connectivity index is 4.10. The lowest BCUT2D eigenvalue weighted by molar-refractivity contribution is -0.120. The van der Waals surface area contributed by atoms with Crippen molar-refractivity contribution in [3.63, 3.8) is 0 Å². The fourth-order valence-electron chi connectivity index (χ4n) is 0.799. The average molecular weight is 283 g/mol. The van der Waals surface area contributed by atoms with E-state index in [1.807, 2.05) is 0 Å². The van der Waals surface area contributed by atoms with Crippen molar-refractivity contribution in [2.75, 3.05) is 26.8 Å². The molecule has 9 heteroatoms. The Bertz CT molecular complexity index is 369. The highest BCUT2D eigenvalue weighted by Gasteiger charge is 2.23. The van der Waals surface area contributed by atoms with Crippen LogP contribution in [0.15, 0.2) is 0 Å². The molecular weight excluding hydrogens is 266 g/mol. The molecule has 1 atom stereocenters. The molecule has 0 heterocycles. The van der Waals surface area contributed by atoms with Gasteiger partial charge in [-0.15, -0.1) is 0 Å². The molecule has 1 unspecified atom stereocenters. The Labute approximate surface area is 106 Å². The lowest BCUT2D eigenvalue weighted by Crippen LogP contribution is -2.44. The molecule has 0 rings (SSSR count). The van der Waals surface area contributed by atoms with Gasteiger partial charge in [-0.3, -0.25) is 4.79 Å². The molecule has 7 nitrogen and oxygen atoms in total. The molecule has 0 aromatic heterocycles. The van der Waals surface area contributed by atoms with Crippen LogP contribution in [-0.2, 0) is 19.6 Å². The first-order valence-electron chi connectivity index (χ1n) is 4.84. The van der Waals surface area contributed by atoms with E-state index in [1.54, 1.807) is 0 Å². The number of amides is 1. The van der Waals surface area contributed by atoms with Gasteiger partial charge < -0.3 is 15.8 Å². The summed E-state index contributed by atoms with van der Waals surface area (Å²) in [5.74, 6) is -0.444. The molecule has 0 fully saturated rings. The number of rotatable bonds is 8. The van der Waals surface area contributed by atoms with Crippen LogP contribution in [0, 0.1) is 0 Å². The Hall–Kier alpha value is -0.770. The lowest BCUT2D eigenvalue weighted by atomic mass is 10.5. The number of carbonyl (C=O) groups is 1. The quantitative estimate of drug-likeness (QED) is 0.363. The molecule has 0 spiro atoms. The molecule has 0 bridgehead atoms. The minimum Gasteiger partial charge on any atom is -0.392 e.